The number of aliphatic hydroxyl groups excluding tert-OH is 2. The van der Waals surface area contributed by atoms with Crippen molar-refractivity contribution in [3.63, 3.8) is 0 Å². The Labute approximate surface area is 97.2 Å². The summed E-state index contributed by atoms with van der Waals surface area (Å²) in [5, 5.41) is 20.1. The van der Waals surface area contributed by atoms with E-state index in [4.69, 9.17) is 4.42 Å². The van der Waals surface area contributed by atoms with Gasteiger partial charge in [-0.2, -0.15) is 0 Å². The van der Waals surface area contributed by atoms with Gasteiger partial charge in [0.25, 0.3) is 0 Å². The molecule has 0 saturated carbocycles. The molecule has 5 heteroatoms. The summed E-state index contributed by atoms with van der Waals surface area (Å²) in [5.74, 6) is -0.886. The normalized spacial score (nSPS) is 14.5. The molecule has 0 bridgehead atoms. The van der Waals surface area contributed by atoms with Gasteiger partial charge in [0, 0.05) is 10.9 Å². The molecule has 2 unspecified atom stereocenters. The lowest BCUT2D eigenvalue weighted by molar-refractivity contribution is -0.156. The van der Waals surface area contributed by atoms with Gasteiger partial charge in [-0.05, 0) is 6.07 Å². The molecule has 2 rings (SSSR count). The van der Waals surface area contributed by atoms with Crippen LogP contribution in [0.1, 0.15) is 11.7 Å². The van der Waals surface area contributed by atoms with Crippen LogP contribution in [-0.2, 0) is 9.53 Å². The van der Waals surface area contributed by atoms with Crippen molar-refractivity contribution in [3.8, 4) is 0 Å². The molecule has 1 aromatic carbocycles. The summed E-state index contributed by atoms with van der Waals surface area (Å²) < 4.78 is 9.57. The molecule has 90 valence electrons. The number of methoxy groups -OCH3 is 1. The zero-order valence-corrected chi connectivity index (χ0v) is 9.16. The summed E-state index contributed by atoms with van der Waals surface area (Å²) in [6.45, 7) is 0. The van der Waals surface area contributed by atoms with Crippen LogP contribution in [0.4, 0.5) is 0 Å². The average Bonchev–Trinajstić information content (AvgIpc) is 2.79. The van der Waals surface area contributed by atoms with E-state index < -0.39 is 18.2 Å². The molecule has 0 aliphatic carbocycles. The molecular weight excluding hydrogens is 224 g/mol. The highest BCUT2D eigenvalue weighted by molar-refractivity contribution is 5.83. The number of aliphatic hydroxyl groups is 2. The van der Waals surface area contributed by atoms with Gasteiger partial charge in [0.1, 0.15) is 11.7 Å². The first-order chi connectivity index (χ1) is 8.15. The van der Waals surface area contributed by atoms with E-state index in [0.29, 0.717) is 16.5 Å². The number of fused-ring (bicyclic) bond motifs is 1. The maximum absolute atomic E-state index is 11.1. The van der Waals surface area contributed by atoms with Crippen LogP contribution in [-0.4, -0.2) is 29.4 Å². The number of carbonyl (C=O) groups excluding carboxylic acids is 1. The fourth-order valence-electron chi connectivity index (χ4n) is 1.65. The Bertz CT molecular complexity index is 530. The molecule has 0 radical (unpaired) electrons. The van der Waals surface area contributed by atoms with Crippen molar-refractivity contribution in [2.75, 3.05) is 7.11 Å². The van der Waals surface area contributed by atoms with Crippen molar-refractivity contribution in [1.29, 1.82) is 0 Å². The number of rotatable bonds is 3. The van der Waals surface area contributed by atoms with Crippen LogP contribution in [0.25, 0.3) is 11.0 Å². The van der Waals surface area contributed by atoms with Crippen LogP contribution >= 0.6 is 0 Å². The molecule has 2 atom stereocenters. The molecule has 0 aliphatic rings. The number of ether oxygens (including phenoxy) is 1. The van der Waals surface area contributed by atoms with Gasteiger partial charge >= 0.3 is 5.97 Å². The summed E-state index contributed by atoms with van der Waals surface area (Å²) in [7, 11) is 1.14. The summed E-state index contributed by atoms with van der Waals surface area (Å²) in [5.41, 5.74) is 0.942. The quantitative estimate of drug-likeness (QED) is 0.777. The van der Waals surface area contributed by atoms with Gasteiger partial charge in [-0.1, -0.05) is 18.2 Å². The highest BCUT2D eigenvalue weighted by atomic mass is 16.5. The second-order valence-electron chi connectivity index (χ2n) is 3.60. The van der Waals surface area contributed by atoms with Crippen LogP contribution in [0.2, 0.25) is 0 Å². The Hall–Kier alpha value is -1.85. The predicted molar refractivity (Wildman–Crippen MR) is 59.2 cm³/mol. The minimum absolute atomic E-state index is 0.360. The van der Waals surface area contributed by atoms with Gasteiger partial charge in [0.05, 0.1) is 13.4 Å². The van der Waals surface area contributed by atoms with Crippen molar-refractivity contribution >= 4 is 16.9 Å². The number of esters is 1. The van der Waals surface area contributed by atoms with Crippen molar-refractivity contribution in [2.24, 2.45) is 0 Å². The minimum atomic E-state index is -1.62. The van der Waals surface area contributed by atoms with Crippen LogP contribution in [0.5, 0.6) is 0 Å². The molecule has 0 fully saturated rings. The summed E-state index contributed by atoms with van der Waals surface area (Å²) in [4.78, 5) is 11.1. The van der Waals surface area contributed by atoms with Gasteiger partial charge < -0.3 is 19.4 Å². The maximum atomic E-state index is 11.1. The van der Waals surface area contributed by atoms with E-state index in [-0.39, 0.29) is 0 Å². The number of carbonyl (C=O) groups is 1. The SMILES string of the molecule is COC(=O)C(O)C(O)c1coc2ccccc12. The lowest BCUT2D eigenvalue weighted by Gasteiger charge is -2.14. The van der Waals surface area contributed by atoms with Gasteiger partial charge in [-0.15, -0.1) is 0 Å². The van der Waals surface area contributed by atoms with Crippen molar-refractivity contribution in [1.82, 2.24) is 0 Å². The Morgan fingerprint density at radius 1 is 1.35 bits per heavy atom. The van der Waals surface area contributed by atoms with E-state index in [1.54, 1.807) is 24.3 Å². The van der Waals surface area contributed by atoms with Gasteiger partial charge in [0.15, 0.2) is 6.10 Å². The number of hydrogen-bond acceptors (Lipinski definition) is 5. The zero-order chi connectivity index (χ0) is 12.4. The summed E-state index contributed by atoms with van der Waals surface area (Å²) in [6, 6.07) is 7.04. The third kappa shape index (κ3) is 2.02. The Kier molecular flexibility index (Phi) is 3.12. The van der Waals surface area contributed by atoms with Crippen LogP contribution in [0.3, 0.4) is 0 Å². The summed E-state index contributed by atoms with van der Waals surface area (Å²) in [6.07, 6.45) is -1.67. The first-order valence-electron chi connectivity index (χ1n) is 5.05. The molecule has 2 N–H and O–H groups in total. The molecular formula is C12H12O5. The van der Waals surface area contributed by atoms with E-state index in [1.165, 1.54) is 6.26 Å². The van der Waals surface area contributed by atoms with Gasteiger partial charge in [-0.3, -0.25) is 0 Å². The molecule has 1 aromatic heterocycles. The molecule has 2 aromatic rings. The third-order valence-corrected chi connectivity index (χ3v) is 2.57. The molecule has 0 saturated heterocycles. The predicted octanol–water partition coefficient (Wildman–Crippen LogP) is 1.00. The van der Waals surface area contributed by atoms with E-state index in [2.05, 4.69) is 4.74 Å². The van der Waals surface area contributed by atoms with Crippen molar-refractivity contribution in [3.05, 3.63) is 36.1 Å². The smallest absolute Gasteiger partial charge is 0.337 e. The molecule has 0 spiro atoms. The van der Waals surface area contributed by atoms with Gasteiger partial charge in [0.2, 0.25) is 0 Å². The average molecular weight is 236 g/mol. The number of benzene rings is 1. The monoisotopic (exact) mass is 236 g/mol. The Morgan fingerprint density at radius 3 is 2.76 bits per heavy atom. The minimum Gasteiger partial charge on any atom is -0.467 e. The molecule has 1 heterocycles. The molecule has 0 amide bonds. The van der Waals surface area contributed by atoms with E-state index >= 15 is 0 Å². The zero-order valence-electron chi connectivity index (χ0n) is 9.16. The highest BCUT2D eigenvalue weighted by Gasteiger charge is 2.28. The molecule has 5 nitrogen and oxygen atoms in total. The van der Waals surface area contributed by atoms with E-state index in [9.17, 15) is 15.0 Å². The first kappa shape index (κ1) is 11.6. The van der Waals surface area contributed by atoms with Crippen LogP contribution < -0.4 is 0 Å². The molecule has 17 heavy (non-hydrogen) atoms. The summed E-state index contributed by atoms with van der Waals surface area (Å²) >= 11 is 0. The second kappa shape index (κ2) is 4.57. The second-order valence-corrected chi connectivity index (χ2v) is 3.60. The van der Waals surface area contributed by atoms with Crippen LogP contribution in [0, 0.1) is 0 Å². The maximum Gasteiger partial charge on any atom is 0.337 e. The Morgan fingerprint density at radius 2 is 2.06 bits per heavy atom. The standard InChI is InChI=1S/C12H12O5/c1-16-12(15)11(14)10(13)8-6-17-9-5-3-2-4-7(8)9/h2-6,10-11,13-14H,1H3. The topological polar surface area (TPSA) is 79.9 Å². The number of hydrogen-bond donors (Lipinski definition) is 2. The fraction of sp³-hybridized carbons (Fsp3) is 0.250. The van der Waals surface area contributed by atoms with E-state index in [0.717, 1.165) is 7.11 Å². The van der Waals surface area contributed by atoms with Gasteiger partial charge in [-0.25, -0.2) is 4.79 Å². The fourth-order valence-corrected chi connectivity index (χ4v) is 1.65. The lowest BCUT2D eigenvalue weighted by atomic mass is 10.0. The number of furan rings is 1. The van der Waals surface area contributed by atoms with Crippen LogP contribution in [0.15, 0.2) is 34.9 Å². The lowest BCUT2D eigenvalue weighted by Crippen LogP contribution is -2.28. The molecule has 0 aliphatic heterocycles. The van der Waals surface area contributed by atoms with Crippen molar-refractivity contribution in [2.45, 2.75) is 12.2 Å². The largest absolute Gasteiger partial charge is 0.467 e. The third-order valence-electron chi connectivity index (χ3n) is 2.57. The first-order valence-corrected chi connectivity index (χ1v) is 5.05. The number of para-hydroxylation sites is 1. The van der Waals surface area contributed by atoms with Crippen molar-refractivity contribution < 1.29 is 24.2 Å². The van der Waals surface area contributed by atoms with E-state index in [1.807, 2.05) is 0 Å². The Balaban J connectivity index is 2.36. The highest BCUT2D eigenvalue weighted by Crippen LogP contribution is 2.28.